The number of aromatic nitrogens is 2. The standard InChI is InChI=1S/C28H28N4/c1-2-7-21(6-1)26-17-22-13-12-20(16-25(22)32-26)11-10-19-5-3-8-23(15-19)27-28(31-18-30-27)24-9-4-14-29-24/h3,5,8,12-13,15-16,18,21,24,29H,1-2,4,6-7,9,14,17H2,(H,30,31)/t24-/m0/s1. The molecule has 1 aliphatic carbocycles. The molecule has 4 heteroatoms. The lowest BCUT2D eigenvalue weighted by molar-refractivity contribution is 0.633. The normalized spacial score (nSPS) is 20.1. The van der Waals surface area contributed by atoms with Crippen molar-refractivity contribution in [2.45, 2.75) is 51.0 Å². The van der Waals surface area contributed by atoms with Crippen LogP contribution in [0.2, 0.25) is 0 Å². The predicted molar refractivity (Wildman–Crippen MR) is 129 cm³/mol. The van der Waals surface area contributed by atoms with Crippen LogP contribution in [-0.4, -0.2) is 22.2 Å². The zero-order chi connectivity index (χ0) is 21.3. The van der Waals surface area contributed by atoms with Crippen LogP contribution in [0.15, 0.2) is 53.8 Å². The molecular weight excluding hydrogens is 392 g/mol. The Balaban J connectivity index is 1.24. The maximum absolute atomic E-state index is 4.98. The van der Waals surface area contributed by atoms with Crippen molar-refractivity contribution in [1.82, 2.24) is 15.3 Å². The van der Waals surface area contributed by atoms with Gasteiger partial charge in [0.2, 0.25) is 0 Å². The van der Waals surface area contributed by atoms with Crippen LogP contribution in [0.1, 0.15) is 67.0 Å². The van der Waals surface area contributed by atoms with E-state index >= 15 is 0 Å². The summed E-state index contributed by atoms with van der Waals surface area (Å²) >= 11 is 0. The lowest BCUT2D eigenvalue weighted by Gasteiger charge is -2.10. The van der Waals surface area contributed by atoms with E-state index < -0.39 is 0 Å². The number of rotatable bonds is 3. The molecule has 0 spiro atoms. The first kappa shape index (κ1) is 19.5. The van der Waals surface area contributed by atoms with Gasteiger partial charge in [-0.15, -0.1) is 0 Å². The number of hydrogen-bond acceptors (Lipinski definition) is 3. The highest BCUT2D eigenvalue weighted by Crippen LogP contribution is 2.35. The fourth-order valence-electron chi connectivity index (χ4n) is 5.40. The van der Waals surface area contributed by atoms with Gasteiger partial charge in [-0.05, 0) is 68.0 Å². The highest BCUT2D eigenvalue weighted by atomic mass is 15.0. The van der Waals surface area contributed by atoms with Gasteiger partial charge in [-0.1, -0.05) is 42.9 Å². The summed E-state index contributed by atoms with van der Waals surface area (Å²) < 4.78 is 0. The van der Waals surface area contributed by atoms with Crippen molar-refractivity contribution in [3.05, 3.63) is 71.2 Å². The Labute approximate surface area is 189 Å². The first-order chi connectivity index (χ1) is 15.8. The Kier molecular flexibility index (Phi) is 5.13. The molecule has 0 bridgehead atoms. The minimum atomic E-state index is 0.364. The van der Waals surface area contributed by atoms with Crippen LogP contribution >= 0.6 is 0 Å². The molecule has 4 nitrogen and oxygen atoms in total. The van der Waals surface area contributed by atoms with Crippen LogP contribution in [0.5, 0.6) is 0 Å². The van der Waals surface area contributed by atoms with Gasteiger partial charge in [0.25, 0.3) is 0 Å². The molecule has 3 aromatic rings. The zero-order valence-corrected chi connectivity index (χ0v) is 18.3. The molecule has 0 radical (unpaired) electrons. The summed E-state index contributed by atoms with van der Waals surface area (Å²) in [7, 11) is 0. The van der Waals surface area contributed by atoms with Gasteiger partial charge in [0, 0.05) is 34.9 Å². The van der Waals surface area contributed by atoms with E-state index in [-0.39, 0.29) is 0 Å². The third kappa shape index (κ3) is 3.78. The summed E-state index contributed by atoms with van der Waals surface area (Å²) in [6.45, 7) is 1.07. The van der Waals surface area contributed by atoms with Crippen molar-refractivity contribution < 1.29 is 0 Å². The van der Waals surface area contributed by atoms with Crippen molar-refractivity contribution in [2.24, 2.45) is 10.9 Å². The van der Waals surface area contributed by atoms with Gasteiger partial charge in [0.15, 0.2) is 0 Å². The van der Waals surface area contributed by atoms with Gasteiger partial charge in [-0.2, -0.15) is 0 Å². The van der Waals surface area contributed by atoms with Gasteiger partial charge in [-0.25, -0.2) is 4.98 Å². The van der Waals surface area contributed by atoms with Crippen LogP contribution in [0.25, 0.3) is 11.3 Å². The van der Waals surface area contributed by atoms with E-state index in [1.54, 1.807) is 6.33 Å². The number of H-pyrrole nitrogens is 1. The van der Waals surface area contributed by atoms with Crippen LogP contribution in [0.4, 0.5) is 5.69 Å². The number of imidazole rings is 1. The summed E-state index contributed by atoms with van der Waals surface area (Å²) in [5.41, 5.74) is 9.22. The number of aromatic amines is 1. The van der Waals surface area contributed by atoms with Gasteiger partial charge < -0.3 is 10.3 Å². The summed E-state index contributed by atoms with van der Waals surface area (Å²) in [5, 5.41) is 3.56. The maximum Gasteiger partial charge on any atom is 0.0930 e. The number of nitrogens with zero attached hydrogens (tertiary/aromatic N) is 2. The Bertz CT molecular complexity index is 1230. The summed E-state index contributed by atoms with van der Waals surface area (Å²) in [6.07, 6.45) is 10.5. The highest BCUT2D eigenvalue weighted by molar-refractivity contribution is 5.96. The topological polar surface area (TPSA) is 53.1 Å². The molecular formula is C28H28N4. The molecule has 1 atom stereocenters. The molecule has 1 aromatic heterocycles. The van der Waals surface area contributed by atoms with E-state index in [0.717, 1.165) is 47.5 Å². The third-order valence-corrected chi connectivity index (χ3v) is 7.11. The predicted octanol–water partition coefficient (Wildman–Crippen LogP) is 5.72. The smallest absolute Gasteiger partial charge is 0.0930 e. The Morgan fingerprint density at radius 1 is 0.906 bits per heavy atom. The zero-order valence-electron chi connectivity index (χ0n) is 18.3. The summed E-state index contributed by atoms with van der Waals surface area (Å²) in [6, 6.07) is 15.3. The minimum Gasteiger partial charge on any atom is -0.347 e. The average molecular weight is 421 g/mol. The number of hydrogen-bond donors (Lipinski definition) is 2. The van der Waals surface area contributed by atoms with Gasteiger partial charge in [0.1, 0.15) is 0 Å². The summed E-state index contributed by atoms with van der Waals surface area (Å²) in [5.74, 6) is 7.42. The first-order valence-electron chi connectivity index (χ1n) is 11.9. The molecule has 160 valence electrons. The van der Waals surface area contributed by atoms with E-state index in [1.165, 1.54) is 49.1 Å². The largest absolute Gasteiger partial charge is 0.347 e. The van der Waals surface area contributed by atoms with Gasteiger partial charge >= 0.3 is 0 Å². The Morgan fingerprint density at radius 2 is 1.78 bits per heavy atom. The maximum atomic E-state index is 4.98. The Hall–Kier alpha value is -3.16. The molecule has 0 amide bonds. The molecule has 3 heterocycles. The van der Waals surface area contributed by atoms with E-state index in [0.29, 0.717) is 12.0 Å². The molecule has 2 aromatic carbocycles. The second-order valence-corrected chi connectivity index (χ2v) is 9.25. The average Bonchev–Trinajstić information content (AvgIpc) is 3.63. The molecule has 3 aliphatic rings. The van der Waals surface area contributed by atoms with Crippen LogP contribution in [-0.2, 0) is 6.42 Å². The van der Waals surface area contributed by atoms with Crippen molar-refractivity contribution >= 4 is 11.4 Å². The van der Waals surface area contributed by atoms with Crippen LogP contribution in [0.3, 0.4) is 0 Å². The molecule has 2 aliphatic heterocycles. The number of benzene rings is 2. The summed E-state index contributed by atoms with van der Waals surface area (Å²) in [4.78, 5) is 12.9. The number of nitrogens with one attached hydrogen (secondary N) is 2. The molecule has 6 rings (SSSR count). The van der Waals surface area contributed by atoms with Crippen LogP contribution < -0.4 is 5.32 Å². The fourth-order valence-corrected chi connectivity index (χ4v) is 5.40. The third-order valence-electron chi connectivity index (χ3n) is 7.11. The second kappa shape index (κ2) is 8.41. The fraction of sp³-hybridized carbons (Fsp3) is 0.357. The minimum absolute atomic E-state index is 0.364. The lowest BCUT2D eigenvalue weighted by atomic mass is 9.97. The van der Waals surface area contributed by atoms with E-state index in [2.05, 4.69) is 69.6 Å². The lowest BCUT2D eigenvalue weighted by Crippen LogP contribution is -2.14. The highest BCUT2D eigenvalue weighted by Gasteiger charge is 2.25. The Morgan fingerprint density at radius 3 is 2.62 bits per heavy atom. The van der Waals surface area contributed by atoms with Crippen molar-refractivity contribution in [3.8, 4) is 23.1 Å². The molecule has 32 heavy (non-hydrogen) atoms. The molecule has 2 fully saturated rings. The molecule has 0 unspecified atom stereocenters. The van der Waals surface area contributed by atoms with E-state index in [4.69, 9.17) is 4.99 Å². The van der Waals surface area contributed by atoms with Crippen LogP contribution in [0, 0.1) is 17.8 Å². The van der Waals surface area contributed by atoms with Crippen molar-refractivity contribution in [2.75, 3.05) is 6.54 Å². The monoisotopic (exact) mass is 420 g/mol. The van der Waals surface area contributed by atoms with Crippen molar-refractivity contribution in [3.63, 3.8) is 0 Å². The SMILES string of the molecule is C(#Cc1ccc2c(c1)N=C(C1CCCC1)C2)c1cccc(-c2nc[nH]c2[C@@H]2CCCN2)c1. The number of aliphatic imine (C=N–C) groups is 1. The molecule has 1 saturated carbocycles. The second-order valence-electron chi connectivity index (χ2n) is 9.25. The van der Waals surface area contributed by atoms with Crippen molar-refractivity contribution in [1.29, 1.82) is 0 Å². The quantitative estimate of drug-likeness (QED) is 0.533. The molecule has 2 N–H and O–H groups in total. The number of fused-ring (bicyclic) bond motifs is 1. The van der Waals surface area contributed by atoms with Gasteiger partial charge in [-0.3, -0.25) is 4.99 Å². The van der Waals surface area contributed by atoms with Gasteiger partial charge in [0.05, 0.1) is 23.4 Å². The first-order valence-corrected chi connectivity index (χ1v) is 11.9. The van der Waals surface area contributed by atoms with E-state index in [1.807, 2.05) is 0 Å². The van der Waals surface area contributed by atoms with E-state index in [9.17, 15) is 0 Å². The molecule has 1 saturated heterocycles.